The summed E-state index contributed by atoms with van der Waals surface area (Å²) in [7, 11) is 0. The van der Waals surface area contributed by atoms with Crippen LogP contribution >= 0.6 is 11.6 Å². The summed E-state index contributed by atoms with van der Waals surface area (Å²) in [5.41, 5.74) is 4.96. The number of aryl methyl sites for hydroxylation is 1. The highest BCUT2D eigenvalue weighted by Crippen LogP contribution is 2.24. The monoisotopic (exact) mass is 324 g/mol. The molecule has 0 atom stereocenters. The van der Waals surface area contributed by atoms with Gasteiger partial charge < -0.3 is 4.90 Å². The van der Waals surface area contributed by atoms with Gasteiger partial charge >= 0.3 is 0 Å². The van der Waals surface area contributed by atoms with E-state index >= 15 is 0 Å². The average molecular weight is 325 g/mol. The third kappa shape index (κ3) is 4.15. The van der Waals surface area contributed by atoms with Gasteiger partial charge in [0.2, 0.25) is 0 Å². The maximum absolute atomic E-state index is 9.46. The van der Waals surface area contributed by atoms with Crippen molar-refractivity contribution in [2.24, 2.45) is 0 Å². The van der Waals surface area contributed by atoms with E-state index in [-0.39, 0.29) is 0 Å². The van der Waals surface area contributed by atoms with Crippen LogP contribution in [0.15, 0.2) is 42.5 Å². The molecule has 0 spiro atoms. The van der Waals surface area contributed by atoms with Gasteiger partial charge in [0, 0.05) is 23.8 Å². The number of hydrogen-bond donors (Lipinski definition) is 0. The summed E-state index contributed by atoms with van der Waals surface area (Å²) in [5.74, 6) is 0. The summed E-state index contributed by atoms with van der Waals surface area (Å²) >= 11 is 5.91. The fourth-order valence-corrected chi connectivity index (χ4v) is 2.70. The summed E-state index contributed by atoms with van der Waals surface area (Å²) in [5, 5.41) is 10.1. The van der Waals surface area contributed by atoms with Crippen LogP contribution < -0.4 is 4.90 Å². The minimum Gasteiger partial charge on any atom is -0.372 e. The minimum absolute atomic E-state index is 0.639. The number of anilines is 1. The highest BCUT2D eigenvalue weighted by Gasteiger charge is 2.06. The zero-order chi connectivity index (χ0) is 16.8. The molecule has 2 nitrogen and oxygen atoms in total. The summed E-state index contributed by atoms with van der Waals surface area (Å²) in [6, 6.07) is 16.0. The lowest BCUT2D eigenvalue weighted by Gasteiger charge is -2.21. The number of hydrogen-bond acceptors (Lipinski definition) is 2. The number of nitrogens with zero attached hydrogens (tertiary/aromatic N) is 2. The van der Waals surface area contributed by atoms with Crippen LogP contribution in [-0.4, -0.2) is 13.1 Å². The molecule has 0 heterocycles. The molecule has 3 heteroatoms. The first-order chi connectivity index (χ1) is 11.1. The number of benzene rings is 2. The molecule has 0 amide bonds. The quantitative estimate of drug-likeness (QED) is 0.532. The summed E-state index contributed by atoms with van der Waals surface area (Å²) in [4.78, 5) is 2.31. The molecule has 0 saturated heterocycles. The largest absolute Gasteiger partial charge is 0.372 e. The van der Waals surface area contributed by atoms with E-state index < -0.39 is 0 Å². The molecular weight excluding hydrogens is 304 g/mol. The maximum Gasteiger partial charge on any atom is 0.0998 e. The van der Waals surface area contributed by atoms with E-state index in [1.165, 1.54) is 5.69 Å². The molecule has 0 aromatic heterocycles. The molecule has 0 aliphatic rings. The van der Waals surface area contributed by atoms with E-state index in [0.29, 0.717) is 10.6 Å². The van der Waals surface area contributed by atoms with Crippen molar-refractivity contribution >= 4 is 28.9 Å². The van der Waals surface area contributed by atoms with Crippen LogP contribution in [0.3, 0.4) is 0 Å². The molecule has 0 fully saturated rings. The molecule has 118 valence electrons. The van der Waals surface area contributed by atoms with Gasteiger partial charge in [-0.3, -0.25) is 0 Å². The molecule has 0 unspecified atom stereocenters. The average Bonchev–Trinajstić information content (AvgIpc) is 2.56. The van der Waals surface area contributed by atoms with Crippen molar-refractivity contribution in [1.82, 2.24) is 0 Å². The Bertz CT molecular complexity index is 735. The fraction of sp³-hybridized carbons (Fsp3) is 0.250. The van der Waals surface area contributed by atoms with Gasteiger partial charge in [-0.2, -0.15) is 5.26 Å². The Labute approximate surface area is 143 Å². The van der Waals surface area contributed by atoms with Crippen LogP contribution in [-0.2, 0) is 0 Å². The van der Waals surface area contributed by atoms with Gasteiger partial charge in [0.15, 0.2) is 0 Å². The molecule has 23 heavy (non-hydrogen) atoms. The van der Waals surface area contributed by atoms with Crippen molar-refractivity contribution in [1.29, 1.82) is 5.26 Å². The molecule has 0 saturated carbocycles. The van der Waals surface area contributed by atoms with E-state index in [9.17, 15) is 5.26 Å². The first kappa shape index (κ1) is 17.1. The predicted octanol–water partition coefficient (Wildman–Crippen LogP) is 5.56. The van der Waals surface area contributed by atoms with Crippen molar-refractivity contribution < 1.29 is 0 Å². The lowest BCUT2D eigenvalue weighted by molar-refractivity contribution is 0.865. The normalized spacial score (nSPS) is 11.2. The van der Waals surface area contributed by atoms with Crippen LogP contribution in [0, 0.1) is 18.3 Å². The second-order valence-electron chi connectivity index (χ2n) is 5.39. The molecule has 0 aliphatic heterocycles. The second kappa shape index (κ2) is 7.85. The molecule has 2 aromatic rings. The van der Waals surface area contributed by atoms with Gasteiger partial charge in [0.1, 0.15) is 0 Å². The third-order valence-corrected chi connectivity index (χ3v) is 4.21. The SMILES string of the molecule is CCN(CC)c1ccc(/C=C(\C#N)c2ccc(Cl)cc2)c(C)c1. The lowest BCUT2D eigenvalue weighted by Crippen LogP contribution is -2.21. The van der Waals surface area contributed by atoms with E-state index in [2.05, 4.69) is 49.9 Å². The second-order valence-corrected chi connectivity index (χ2v) is 5.83. The van der Waals surface area contributed by atoms with Gasteiger partial charge in [-0.05, 0) is 67.8 Å². The van der Waals surface area contributed by atoms with Crippen molar-refractivity contribution in [3.8, 4) is 6.07 Å². The minimum atomic E-state index is 0.639. The van der Waals surface area contributed by atoms with Crippen molar-refractivity contribution in [3.05, 3.63) is 64.2 Å². The van der Waals surface area contributed by atoms with E-state index in [0.717, 1.165) is 29.8 Å². The third-order valence-electron chi connectivity index (χ3n) is 3.96. The molecule has 0 aliphatic carbocycles. The Morgan fingerprint density at radius 1 is 1.13 bits per heavy atom. The number of allylic oxidation sites excluding steroid dienone is 1. The van der Waals surface area contributed by atoms with Crippen molar-refractivity contribution in [2.45, 2.75) is 20.8 Å². The molecule has 0 N–H and O–H groups in total. The van der Waals surface area contributed by atoms with Crippen LogP contribution in [0.1, 0.15) is 30.5 Å². The highest BCUT2D eigenvalue weighted by atomic mass is 35.5. The van der Waals surface area contributed by atoms with E-state index in [4.69, 9.17) is 11.6 Å². The standard InChI is InChI=1S/C20H21ClN2/c1-4-23(5-2)20-11-8-17(15(3)12-20)13-18(14-22)16-6-9-19(21)10-7-16/h6-13H,4-5H2,1-3H3/b18-13+. The van der Waals surface area contributed by atoms with Gasteiger partial charge in [-0.25, -0.2) is 0 Å². The number of nitriles is 1. The predicted molar refractivity (Wildman–Crippen MR) is 99.7 cm³/mol. The highest BCUT2D eigenvalue weighted by molar-refractivity contribution is 6.30. The van der Waals surface area contributed by atoms with Crippen LogP contribution in [0.25, 0.3) is 11.6 Å². The van der Waals surface area contributed by atoms with Crippen molar-refractivity contribution in [2.75, 3.05) is 18.0 Å². The van der Waals surface area contributed by atoms with Crippen LogP contribution in [0.5, 0.6) is 0 Å². The number of halogens is 1. The molecule has 2 aromatic carbocycles. The zero-order valence-corrected chi connectivity index (χ0v) is 14.6. The smallest absolute Gasteiger partial charge is 0.0998 e. The molecule has 2 rings (SSSR count). The maximum atomic E-state index is 9.46. The first-order valence-electron chi connectivity index (χ1n) is 7.82. The molecular formula is C20H21ClN2. The lowest BCUT2D eigenvalue weighted by atomic mass is 10.0. The van der Waals surface area contributed by atoms with E-state index in [1.807, 2.05) is 18.2 Å². The Morgan fingerprint density at radius 2 is 1.78 bits per heavy atom. The summed E-state index contributed by atoms with van der Waals surface area (Å²) in [6.45, 7) is 8.36. The Kier molecular flexibility index (Phi) is 5.84. The fourth-order valence-electron chi connectivity index (χ4n) is 2.57. The molecule has 0 radical (unpaired) electrons. The Balaban J connectivity index is 2.37. The van der Waals surface area contributed by atoms with Gasteiger partial charge in [-0.1, -0.05) is 29.8 Å². The van der Waals surface area contributed by atoms with Crippen LogP contribution in [0.4, 0.5) is 5.69 Å². The van der Waals surface area contributed by atoms with Crippen LogP contribution in [0.2, 0.25) is 5.02 Å². The Morgan fingerprint density at radius 3 is 2.30 bits per heavy atom. The first-order valence-corrected chi connectivity index (χ1v) is 8.20. The molecule has 0 bridgehead atoms. The van der Waals surface area contributed by atoms with Gasteiger partial charge in [0.25, 0.3) is 0 Å². The Hall–Kier alpha value is -2.24. The zero-order valence-electron chi connectivity index (χ0n) is 13.8. The summed E-state index contributed by atoms with van der Waals surface area (Å²) < 4.78 is 0. The van der Waals surface area contributed by atoms with Gasteiger partial charge in [0.05, 0.1) is 11.6 Å². The summed E-state index contributed by atoms with van der Waals surface area (Å²) in [6.07, 6.45) is 1.94. The van der Waals surface area contributed by atoms with E-state index in [1.54, 1.807) is 12.1 Å². The topological polar surface area (TPSA) is 27.0 Å². The van der Waals surface area contributed by atoms with Crippen molar-refractivity contribution in [3.63, 3.8) is 0 Å². The number of rotatable bonds is 5. The van der Waals surface area contributed by atoms with Gasteiger partial charge in [-0.15, -0.1) is 0 Å².